The minimum Gasteiger partial charge on any atom is -0.468 e. The van der Waals surface area contributed by atoms with Crippen LogP contribution in [0.5, 0.6) is 0 Å². The van der Waals surface area contributed by atoms with Crippen LogP contribution < -0.4 is 0 Å². The third kappa shape index (κ3) is 4.59. The van der Waals surface area contributed by atoms with Gasteiger partial charge in [0.2, 0.25) is 5.91 Å². The summed E-state index contributed by atoms with van der Waals surface area (Å²) in [4.78, 5) is 25.3. The molecule has 0 saturated carbocycles. The van der Waals surface area contributed by atoms with Gasteiger partial charge in [-0.3, -0.25) is 9.59 Å². The highest BCUT2D eigenvalue weighted by Gasteiger charge is 2.23. The van der Waals surface area contributed by atoms with E-state index in [4.69, 9.17) is 11.6 Å². The van der Waals surface area contributed by atoms with E-state index >= 15 is 0 Å². The first-order valence-corrected chi connectivity index (χ1v) is 8.01. The molecule has 0 unspecified atom stereocenters. The van der Waals surface area contributed by atoms with E-state index < -0.39 is 5.97 Å². The summed E-state index contributed by atoms with van der Waals surface area (Å²) >= 11 is 6.34. The second-order valence-corrected chi connectivity index (χ2v) is 5.92. The summed E-state index contributed by atoms with van der Waals surface area (Å²) in [6, 6.07) is 17.2. The average Bonchev–Trinajstić information content (AvgIpc) is 2.60. The van der Waals surface area contributed by atoms with Crippen molar-refractivity contribution in [3.63, 3.8) is 0 Å². The van der Waals surface area contributed by atoms with Crippen LogP contribution in [0.2, 0.25) is 5.02 Å². The molecule has 4 nitrogen and oxygen atoms in total. The lowest BCUT2D eigenvalue weighted by Crippen LogP contribution is -2.33. The number of methoxy groups -OCH3 is 1. The molecular formula is C19H20ClNO3. The fourth-order valence-electron chi connectivity index (χ4n) is 2.53. The molecule has 0 saturated heterocycles. The van der Waals surface area contributed by atoms with E-state index in [0.717, 1.165) is 11.1 Å². The van der Waals surface area contributed by atoms with Gasteiger partial charge in [0.25, 0.3) is 0 Å². The Morgan fingerprint density at radius 3 is 2.33 bits per heavy atom. The van der Waals surface area contributed by atoms with Crippen LogP contribution in [0.4, 0.5) is 0 Å². The smallest absolute Gasteiger partial charge is 0.325 e. The summed E-state index contributed by atoms with van der Waals surface area (Å²) in [5.74, 6) is -0.762. The van der Waals surface area contributed by atoms with Crippen molar-refractivity contribution in [2.45, 2.75) is 12.3 Å². The Morgan fingerprint density at radius 1 is 1.08 bits per heavy atom. The second-order valence-electron chi connectivity index (χ2n) is 5.51. The van der Waals surface area contributed by atoms with Crippen molar-refractivity contribution in [3.8, 4) is 0 Å². The zero-order chi connectivity index (χ0) is 17.5. The van der Waals surface area contributed by atoms with E-state index in [9.17, 15) is 9.59 Å². The quantitative estimate of drug-likeness (QED) is 0.753. The van der Waals surface area contributed by atoms with Crippen molar-refractivity contribution in [3.05, 3.63) is 70.7 Å². The van der Waals surface area contributed by atoms with Gasteiger partial charge < -0.3 is 9.64 Å². The minimum atomic E-state index is -0.445. The Hall–Kier alpha value is -2.33. The predicted molar refractivity (Wildman–Crippen MR) is 94.0 cm³/mol. The third-order valence-electron chi connectivity index (χ3n) is 3.88. The highest BCUT2D eigenvalue weighted by atomic mass is 35.5. The number of rotatable bonds is 6. The van der Waals surface area contributed by atoms with Crippen molar-refractivity contribution in [2.75, 3.05) is 20.7 Å². The van der Waals surface area contributed by atoms with Crippen LogP contribution in [-0.2, 0) is 14.3 Å². The number of nitrogens with zero attached hydrogens (tertiary/aromatic N) is 1. The van der Waals surface area contributed by atoms with Gasteiger partial charge in [0.15, 0.2) is 0 Å². The van der Waals surface area contributed by atoms with Crippen molar-refractivity contribution in [2.24, 2.45) is 0 Å². The van der Waals surface area contributed by atoms with Crippen LogP contribution in [-0.4, -0.2) is 37.5 Å². The molecule has 126 valence electrons. The van der Waals surface area contributed by atoms with E-state index in [1.165, 1.54) is 12.0 Å². The van der Waals surface area contributed by atoms with E-state index in [2.05, 4.69) is 4.74 Å². The van der Waals surface area contributed by atoms with Gasteiger partial charge in [-0.2, -0.15) is 0 Å². The summed E-state index contributed by atoms with van der Waals surface area (Å²) in [6.45, 7) is -0.0701. The van der Waals surface area contributed by atoms with Crippen LogP contribution in [0.15, 0.2) is 54.6 Å². The number of hydrogen-bond acceptors (Lipinski definition) is 3. The van der Waals surface area contributed by atoms with Crippen molar-refractivity contribution in [1.29, 1.82) is 0 Å². The van der Waals surface area contributed by atoms with E-state index in [1.54, 1.807) is 7.05 Å². The van der Waals surface area contributed by atoms with Gasteiger partial charge in [0, 0.05) is 24.4 Å². The van der Waals surface area contributed by atoms with Crippen LogP contribution >= 0.6 is 11.6 Å². The van der Waals surface area contributed by atoms with E-state index in [-0.39, 0.29) is 24.8 Å². The first kappa shape index (κ1) is 18.0. The molecule has 2 aromatic rings. The molecule has 1 amide bonds. The Balaban J connectivity index is 2.26. The number of likely N-dealkylation sites (N-methyl/N-ethyl adjacent to an activating group) is 1. The molecule has 24 heavy (non-hydrogen) atoms. The summed E-state index contributed by atoms with van der Waals surface area (Å²) in [7, 11) is 2.89. The molecule has 0 heterocycles. The molecule has 0 aliphatic carbocycles. The highest BCUT2D eigenvalue weighted by molar-refractivity contribution is 6.31. The summed E-state index contributed by atoms with van der Waals surface area (Å²) < 4.78 is 4.61. The standard InChI is InChI=1S/C19H20ClNO3/c1-21(13-19(23)24-2)18(22)12-16(14-8-4-3-5-9-14)15-10-6-7-11-17(15)20/h3-11,16H,12-13H2,1-2H3/t16-/m1/s1. The molecule has 0 spiro atoms. The first-order valence-electron chi connectivity index (χ1n) is 7.63. The first-order chi connectivity index (χ1) is 11.5. The molecule has 0 aliphatic rings. The Labute approximate surface area is 147 Å². The largest absolute Gasteiger partial charge is 0.468 e. The molecule has 1 atom stereocenters. The zero-order valence-corrected chi connectivity index (χ0v) is 14.5. The summed E-state index contributed by atoms with van der Waals surface area (Å²) in [6.07, 6.45) is 0.223. The van der Waals surface area contributed by atoms with Crippen molar-refractivity contribution in [1.82, 2.24) is 4.90 Å². The Bertz CT molecular complexity index is 703. The molecule has 0 aromatic heterocycles. The van der Waals surface area contributed by atoms with Crippen LogP contribution in [0.3, 0.4) is 0 Å². The van der Waals surface area contributed by atoms with Gasteiger partial charge >= 0.3 is 5.97 Å². The second kappa shape index (κ2) is 8.50. The molecule has 0 N–H and O–H groups in total. The highest BCUT2D eigenvalue weighted by Crippen LogP contribution is 2.33. The van der Waals surface area contributed by atoms with Gasteiger partial charge in [0.1, 0.15) is 6.54 Å². The lowest BCUT2D eigenvalue weighted by molar-refractivity contribution is -0.146. The molecule has 2 rings (SSSR count). The summed E-state index contributed by atoms with van der Waals surface area (Å²) in [5, 5.41) is 0.620. The van der Waals surface area contributed by atoms with Crippen molar-refractivity contribution >= 4 is 23.5 Å². The number of amides is 1. The lowest BCUT2D eigenvalue weighted by atomic mass is 9.88. The van der Waals surface area contributed by atoms with Gasteiger partial charge in [-0.25, -0.2) is 0 Å². The number of carbonyl (C=O) groups is 2. The van der Waals surface area contributed by atoms with E-state index in [1.807, 2.05) is 54.6 Å². The van der Waals surface area contributed by atoms with Gasteiger partial charge in [0.05, 0.1) is 7.11 Å². The number of carbonyl (C=O) groups excluding carboxylic acids is 2. The monoisotopic (exact) mass is 345 g/mol. The van der Waals surface area contributed by atoms with E-state index in [0.29, 0.717) is 5.02 Å². The maximum absolute atomic E-state index is 12.5. The number of halogens is 1. The van der Waals surface area contributed by atoms with Crippen LogP contribution in [0, 0.1) is 0 Å². The lowest BCUT2D eigenvalue weighted by Gasteiger charge is -2.22. The Kier molecular flexibility index (Phi) is 6.38. The third-order valence-corrected chi connectivity index (χ3v) is 4.23. The number of esters is 1. The minimum absolute atomic E-state index is 0.0701. The average molecular weight is 346 g/mol. The van der Waals surface area contributed by atoms with Gasteiger partial charge in [-0.1, -0.05) is 60.1 Å². The topological polar surface area (TPSA) is 46.6 Å². The molecule has 0 fully saturated rings. The molecular weight excluding hydrogens is 326 g/mol. The number of ether oxygens (including phenoxy) is 1. The zero-order valence-electron chi connectivity index (χ0n) is 13.7. The summed E-state index contributed by atoms with van der Waals surface area (Å²) in [5.41, 5.74) is 1.90. The van der Waals surface area contributed by atoms with Gasteiger partial charge in [-0.15, -0.1) is 0 Å². The van der Waals surface area contributed by atoms with Gasteiger partial charge in [-0.05, 0) is 17.2 Å². The molecule has 0 aliphatic heterocycles. The van der Waals surface area contributed by atoms with Crippen LogP contribution in [0.25, 0.3) is 0 Å². The number of benzene rings is 2. The molecule has 2 aromatic carbocycles. The molecule has 0 bridgehead atoms. The maximum Gasteiger partial charge on any atom is 0.325 e. The normalized spacial score (nSPS) is 11.6. The molecule has 5 heteroatoms. The fourth-order valence-corrected chi connectivity index (χ4v) is 2.79. The fraction of sp³-hybridized carbons (Fsp3) is 0.263. The van der Waals surface area contributed by atoms with Crippen LogP contribution in [0.1, 0.15) is 23.5 Å². The molecule has 0 radical (unpaired) electrons. The van der Waals surface area contributed by atoms with Crippen molar-refractivity contribution < 1.29 is 14.3 Å². The Morgan fingerprint density at radius 2 is 1.71 bits per heavy atom. The maximum atomic E-state index is 12.5. The number of hydrogen-bond donors (Lipinski definition) is 0. The predicted octanol–water partition coefficient (Wildman–Crippen LogP) is 3.49. The SMILES string of the molecule is COC(=O)CN(C)C(=O)C[C@H](c1ccccc1)c1ccccc1Cl.